The first kappa shape index (κ1) is 16.8. The summed E-state index contributed by atoms with van der Waals surface area (Å²) in [5, 5.41) is 3.65. The summed E-state index contributed by atoms with van der Waals surface area (Å²) in [6.45, 7) is 5.75. The Hall–Kier alpha value is -1.53. The highest BCUT2D eigenvalue weighted by atomic mass is 19.4. The van der Waals surface area contributed by atoms with Gasteiger partial charge in [-0.1, -0.05) is 0 Å². The van der Waals surface area contributed by atoms with Gasteiger partial charge in [0, 0.05) is 12.2 Å². The lowest BCUT2D eigenvalue weighted by Gasteiger charge is -2.19. The Morgan fingerprint density at radius 3 is 2.50 bits per heavy atom. The van der Waals surface area contributed by atoms with Crippen LogP contribution in [0.3, 0.4) is 0 Å². The molecule has 0 saturated heterocycles. The average Bonchev–Trinajstić information content (AvgIpc) is 3.02. The normalized spacial score (nSPS) is 15.9. The topological polar surface area (TPSA) is 44.1 Å². The molecule has 0 spiro atoms. The fourth-order valence-corrected chi connectivity index (χ4v) is 2.12. The third kappa shape index (κ3) is 5.03. The zero-order valence-corrected chi connectivity index (χ0v) is 13.0. The van der Waals surface area contributed by atoms with Crippen LogP contribution in [0.2, 0.25) is 0 Å². The van der Waals surface area contributed by atoms with Crippen LogP contribution in [0.1, 0.15) is 51.4 Å². The highest BCUT2D eigenvalue weighted by molar-refractivity contribution is 5.70. The molecule has 1 aromatic heterocycles. The van der Waals surface area contributed by atoms with Crippen LogP contribution in [0.4, 0.5) is 13.2 Å². The maximum absolute atomic E-state index is 12.8. The number of alkyl halides is 3. The lowest BCUT2D eigenvalue weighted by Crippen LogP contribution is -2.24. The number of esters is 1. The van der Waals surface area contributed by atoms with Crippen molar-refractivity contribution < 1.29 is 22.7 Å². The fraction of sp³-hybridized carbons (Fsp3) is 0.733. The molecule has 7 heteroatoms. The minimum Gasteiger partial charge on any atom is -0.460 e. The second-order valence-electron chi connectivity index (χ2n) is 6.73. The van der Waals surface area contributed by atoms with Crippen molar-refractivity contribution in [3.05, 3.63) is 17.5 Å². The molecule has 0 unspecified atom stereocenters. The van der Waals surface area contributed by atoms with E-state index in [-0.39, 0.29) is 12.8 Å². The first-order valence-corrected chi connectivity index (χ1v) is 7.40. The van der Waals surface area contributed by atoms with E-state index in [9.17, 15) is 18.0 Å². The summed E-state index contributed by atoms with van der Waals surface area (Å²) in [6.07, 6.45) is -2.18. The third-order valence-corrected chi connectivity index (χ3v) is 3.29. The molecule has 1 aliphatic carbocycles. The minimum atomic E-state index is -4.46. The summed E-state index contributed by atoms with van der Waals surface area (Å²) >= 11 is 0. The van der Waals surface area contributed by atoms with E-state index in [1.165, 1.54) is 4.68 Å². The molecule has 2 rings (SSSR count). The van der Waals surface area contributed by atoms with E-state index in [0.29, 0.717) is 18.2 Å². The van der Waals surface area contributed by atoms with Crippen LogP contribution >= 0.6 is 0 Å². The Morgan fingerprint density at radius 2 is 2.00 bits per heavy atom. The average molecular weight is 318 g/mol. The van der Waals surface area contributed by atoms with Crippen LogP contribution in [0.5, 0.6) is 0 Å². The van der Waals surface area contributed by atoms with E-state index in [2.05, 4.69) is 5.10 Å². The highest BCUT2D eigenvalue weighted by Gasteiger charge is 2.35. The number of aromatic nitrogens is 2. The van der Waals surface area contributed by atoms with Crippen LogP contribution < -0.4 is 0 Å². The molecular formula is C15H21F3N2O2. The van der Waals surface area contributed by atoms with E-state index in [1.54, 1.807) is 20.8 Å². The number of hydrogen-bond donors (Lipinski definition) is 0. The summed E-state index contributed by atoms with van der Waals surface area (Å²) < 4.78 is 44.9. The Balaban J connectivity index is 2.04. The SMILES string of the molecule is CC(C)(C)OC(=O)CCc1cc(C(F)(F)F)nn1CC1CC1. The van der Waals surface area contributed by atoms with Gasteiger partial charge >= 0.3 is 12.1 Å². The molecule has 0 amide bonds. The lowest BCUT2D eigenvalue weighted by molar-refractivity contribution is -0.154. The van der Waals surface area contributed by atoms with E-state index in [4.69, 9.17) is 4.74 Å². The summed E-state index contributed by atoms with van der Waals surface area (Å²) in [7, 11) is 0. The monoisotopic (exact) mass is 318 g/mol. The molecule has 4 nitrogen and oxygen atoms in total. The zero-order chi connectivity index (χ0) is 16.5. The van der Waals surface area contributed by atoms with Crippen molar-refractivity contribution in [2.75, 3.05) is 0 Å². The van der Waals surface area contributed by atoms with Crippen LogP contribution in [0.15, 0.2) is 6.07 Å². The largest absolute Gasteiger partial charge is 0.460 e. The van der Waals surface area contributed by atoms with Crippen molar-refractivity contribution in [3.63, 3.8) is 0 Å². The van der Waals surface area contributed by atoms with Crippen LogP contribution in [-0.2, 0) is 28.7 Å². The molecule has 1 saturated carbocycles. The summed E-state index contributed by atoms with van der Waals surface area (Å²) in [5.74, 6) is -0.0125. The predicted octanol–water partition coefficient (Wildman–Crippen LogP) is 3.59. The van der Waals surface area contributed by atoms with Crippen LogP contribution in [-0.4, -0.2) is 21.4 Å². The van der Waals surface area contributed by atoms with Gasteiger partial charge in [-0.05, 0) is 52.0 Å². The van der Waals surface area contributed by atoms with Crippen molar-refractivity contribution in [2.45, 2.75) is 64.8 Å². The van der Waals surface area contributed by atoms with Crippen molar-refractivity contribution in [1.29, 1.82) is 0 Å². The highest BCUT2D eigenvalue weighted by Crippen LogP contribution is 2.33. The number of carbonyl (C=O) groups excluding carboxylic acids is 1. The van der Waals surface area contributed by atoms with Crippen molar-refractivity contribution in [2.24, 2.45) is 5.92 Å². The van der Waals surface area contributed by atoms with E-state index >= 15 is 0 Å². The van der Waals surface area contributed by atoms with E-state index in [0.717, 1.165) is 18.9 Å². The quantitative estimate of drug-likeness (QED) is 0.779. The number of carbonyl (C=O) groups is 1. The zero-order valence-electron chi connectivity index (χ0n) is 13.0. The Bertz CT molecular complexity index is 540. The van der Waals surface area contributed by atoms with Gasteiger partial charge in [-0.3, -0.25) is 9.48 Å². The van der Waals surface area contributed by atoms with Gasteiger partial charge in [-0.15, -0.1) is 0 Å². The number of nitrogens with zero attached hydrogens (tertiary/aromatic N) is 2. The van der Waals surface area contributed by atoms with Gasteiger partial charge in [0.1, 0.15) is 5.60 Å². The number of halogens is 3. The smallest absolute Gasteiger partial charge is 0.435 e. The molecule has 1 aliphatic rings. The molecular weight excluding hydrogens is 297 g/mol. The first-order chi connectivity index (χ1) is 10.0. The molecule has 1 fully saturated rings. The molecule has 0 N–H and O–H groups in total. The number of rotatable bonds is 5. The third-order valence-electron chi connectivity index (χ3n) is 3.29. The molecule has 0 radical (unpaired) electrons. The van der Waals surface area contributed by atoms with Gasteiger partial charge in [0.2, 0.25) is 0 Å². The Morgan fingerprint density at radius 1 is 1.36 bits per heavy atom. The number of hydrogen-bond acceptors (Lipinski definition) is 3. The Labute approximate surface area is 127 Å². The van der Waals surface area contributed by atoms with Crippen LogP contribution in [0, 0.1) is 5.92 Å². The molecule has 124 valence electrons. The maximum atomic E-state index is 12.8. The summed E-state index contributed by atoms with van der Waals surface area (Å²) in [5.41, 5.74) is -1.06. The first-order valence-electron chi connectivity index (χ1n) is 7.40. The van der Waals surface area contributed by atoms with Gasteiger partial charge in [-0.2, -0.15) is 18.3 Å². The standard InChI is InChI=1S/C15H21F3N2O2/c1-14(2,3)22-13(21)7-6-11-8-12(15(16,17)18)19-20(11)9-10-4-5-10/h8,10H,4-7,9H2,1-3H3. The maximum Gasteiger partial charge on any atom is 0.435 e. The summed E-state index contributed by atoms with van der Waals surface area (Å²) in [4.78, 5) is 11.7. The predicted molar refractivity (Wildman–Crippen MR) is 74.1 cm³/mol. The second kappa shape index (κ2) is 5.93. The van der Waals surface area contributed by atoms with Crippen molar-refractivity contribution in [1.82, 2.24) is 9.78 Å². The van der Waals surface area contributed by atoms with Crippen molar-refractivity contribution >= 4 is 5.97 Å². The van der Waals surface area contributed by atoms with Gasteiger partial charge in [-0.25, -0.2) is 0 Å². The van der Waals surface area contributed by atoms with Gasteiger partial charge in [0.25, 0.3) is 0 Å². The minimum absolute atomic E-state index is 0.0466. The number of aryl methyl sites for hydroxylation is 1. The molecule has 1 heterocycles. The molecule has 0 bridgehead atoms. The lowest BCUT2D eigenvalue weighted by atomic mass is 10.2. The van der Waals surface area contributed by atoms with Gasteiger partial charge < -0.3 is 4.74 Å². The van der Waals surface area contributed by atoms with Crippen molar-refractivity contribution in [3.8, 4) is 0 Å². The summed E-state index contributed by atoms with van der Waals surface area (Å²) in [6, 6.07) is 1.03. The molecule has 0 atom stereocenters. The molecule has 0 aliphatic heterocycles. The fourth-order valence-electron chi connectivity index (χ4n) is 2.12. The van der Waals surface area contributed by atoms with Gasteiger partial charge in [0.15, 0.2) is 5.69 Å². The van der Waals surface area contributed by atoms with Gasteiger partial charge in [0.05, 0.1) is 6.42 Å². The Kier molecular flexibility index (Phi) is 4.54. The second-order valence-corrected chi connectivity index (χ2v) is 6.73. The van der Waals surface area contributed by atoms with Crippen LogP contribution in [0.25, 0.3) is 0 Å². The molecule has 22 heavy (non-hydrogen) atoms. The van der Waals surface area contributed by atoms with E-state index in [1.807, 2.05) is 0 Å². The molecule has 0 aromatic carbocycles. The van der Waals surface area contributed by atoms with E-state index < -0.39 is 23.4 Å². The molecule has 1 aromatic rings. The number of ether oxygens (including phenoxy) is 1.